The van der Waals surface area contributed by atoms with Crippen LogP contribution in [0, 0.1) is 11.3 Å². The summed E-state index contributed by atoms with van der Waals surface area (Å²) in [5, 5.41) is 36.6. The monoisotopic (exact) mass is 492 g/mol. The first-order valence-corrected chi connectivity index (χ1v) is 12.0. The van der Waals surface area contributed by atoms with Gasteiger partial charge in [-0.15, -0.1) is 0 Å². The highest BCUT2D eigenvalue weighted by atomic mass is 19.1. The van der Waals surface area contributed by atoms with Crippen LogP contribution in [-0.2, 0) is 0 Å². The summed E-state index contributed by atoms with van der Waals surface area (Å²) in [5.74, 6) is 0.00373. The lowest BCUT2D eigenvalue weighted by Gasteiger charge is -2.30. The Morgan fingerprint density at radius 3 is 2.67 bits per heavy atom. The molecule has 3 aromatic heterocycles. The van der Waals surface area contributed by atoms with E-state index in [2.05, 4.69) is 26.7 Å². The quantitative estimate of drug-likeness (QED) is 0.398. The number of anilines is 1. The molecule has 36 heavy (non-hydrogen) atoms. The van der Waals surface area contributed by atoms with Gasteiger partial charge in [0.1, 0.15) is 23.7 Å². The van der Waals surface area contributed by atoms with Crippen molar-refractivity contribution in [1.82, 2.24) is 19.9 Å². The number of carbonyl (C=O) groups excluding carboxylic acids is 1. The lowest BCUT2D eigenvalue weighted by molar-refractivity contribution is -0.00178. The first kappa shape index (κ1) is 24.2. The van der Waals surface area contributed by atoms with Crippen LogP contribution in [0.25, 0.3) is 16.9 Å². The highest BCUT2D eigenvalue weighted by molar-refractivity contribution is 5.99. The lowest BCUT2D eigenvalue weighted by Crippen LogP contribution is -2.42. The van der Waals surface area contributed by atoms with E-state index in [4.69, 9.17) is 5.26 Å². The third-order valence-electron chi connectivity index (χ3n) is 7.45. The van der Waals surface area contributed by atoms with Gasteiger partial charge < -0.3 is 20.8 Å². The van der Waals surface area contributed by atoms with Gasteiger partial charge in [-0.25, -0.2) is 14.4 Å². The van der Waals surface area contributed by atoms with Crippen LogP contribution in [0.3, 0.4) is 0 Å². The Bertz CT molecular complexity index is 1360. The van der Waals surface area contributed by atoms with Crippen molar-refractivity contribution in [3.63, 3.8) is 0 Å². The Balaban J connectivity index is 1.50. The smallest absolute Gasteiger partial charge is 0.255 e. The van der Waals surface area contributed by atoms with Crippen molar-refractivity contribution < 1.29 is 19.4 Å². The van der Waals surface area contributed by atoms with Crippen LogP contribution in [0.1, 0.15) is 61.9 Å². The molecule has 2 saturated carbocycles. The maximum absolute atomic E-state index is 14.3. The second-order valence-electron chi connectivity index (χ2n) is 10.7. The number of hydrogen-bond acceptors (Lipinski definition) is 7. The highest BCUT2D eigenvalue weighted by Crippen LogP contribution is 2.52. The van der Waals surface area contributed by atoms with Crippen molar-refractivity contribution >= 4 is 22.6 Å². The van der Waals surface area contributed by atoms with Crippen LogP contribution >= 0.6 is 0 Å². The fourth-order valence-corrected chi connectivity index (χ4v) is 5.29. The van der Waals surface area contributed by atoms with Gasteiger partial charge in [-0.3, -0.25) is 9.36 Å². The number of nitrogens with one attached hydrogen (secondary N) is 2. The molecule has 9 nitrogen and oxygen atoms in total. The van der Waals surface area contributed by atoms with E-state index in [1.807, 2.05) is 6.07 Å². The molecule has 2 bridgehead atoms. The Labute approximate surface area is 208 Å². The predicted molar refractivity (Wildman–Crippen MR) is 131 cm³/mol. The molecule has 0 saturated heterocycles. The summed E-state index contributed by atoms with van der Waals surface area (Å²) in [7, 11) is 0. The molecule has 2 aliphatic rings. The standard InChI is InChI=1S/C26H29FN6O3/c1-24(2,35)20(27)14-31-23(34)18-13-29-21(33-8-3-17-9-16(11-28)12-30-22(17)33)10-19(18)32-25-4-6-26(36,15-25)7-5-25/h3,8-10,12-13,20,35-36H,4-7,14-15H2,1-2H3,(H,29,32)(H,31,34). The van der Waals surface area contributed by atoms with Gasteiger partial charge in [-0.1, -0.05) is 0 Å². The van der Waals surface area contributed by atoms with Crippen LogP contribution in [0.15, 0.2) is 36.8 Å². The van der Waals surface area contributed by atoms with Gasteiger partial charge in [-0.05, 0) is 58.1 Å². The number of aromatic nitrogens is 3. The molecule has 2 aliphatic carbocycles. The number of aliphatic hydroxyl groups is 2. The van der Waals surface area contributed by atoms with Gasteiger partial charge in [0.05, 0.1) is 34.6 Å². The van der Waals surface area contributed by atoms with Gasteiger partial charge in [0.2, 0.25) is 0 Å². The van der Waals surface area contributed by atoms with Crippen LogP contribution in [0.5, 0.6) is 0 Å². The summed E-state index contributed by atoms with van der Waals surface area (Å²) in [6.07, 6.45) is 6.62. The summed E-state index contributed by atoms with van der Waals surface area (Å²) >= 11 is 0. The summed E-state index contributed by atoms with van der Waals surface area (Å²) in [4.78, 5) is 22.0. The van der Waals surface area contributed by atoms with E-state index in [0.717, 1.165) is 18.2 Å². The van der Waals surface area contributed by atoms with Crippen molar-refractivity contribution in [2.45, 2.75) is 68.9 Å². The van der Waals surface area contributed by atoms with Gasteiger partial charge >= 0.3 is 0 Å². The van der Waals surface area contributed by atoms with Gasteiger partial charge in [-0.2, -0.15) is 5.26 Å². The van der Waals surface area contributed by atoms with Crippen molar-refractivity contribution in [3.05, 3.63) is 47.9 Å². The molecule has 1 amide bonds. The number of amides is 1. The second kappa shape index (κ2) is 8.54. The van der Waals surface area contributed by atoms with E-state index >= 15 is 0 Å². The minimum absolute atomic E-state index is 0.245. The second-order valence-corrected chi connectivity index (χ2v) is 10.7. The highest BCUT2D eigenvalue weighted by Gasteiger charge is 2.53. The SMILES string of the molecule is CC(C)(O)C(F)CNC(=O)c1cnc(-n2ccc3cc(C#N)cnc32)cc1NC12CCC(O)(CC1)C2. The van der Waals surface area contributed by atoms with E-state index in [1.165, 1.54) is 26.2 Å². The number of nitriles is 1. The summed E-state index contributed by atoms with van der Waals surface area (Å²) < 4.78 is 16.0. The molecule has 10 heteroatoms. The van der Waals surface area contributed by atoms with E-state index < -0.39 is 23.3 Å². The first-order chi connectivity index (χ1) is 17.0. The molecule has 1 atom stereocenters. The van der Waals surface area contributed by atoms with E-state index in [1.54, 1.807) is 22.9 Å². The molecule has 3 heterocycles. The van der Waals surface area contributed by atoms with Crippen molar-refractivity contribution in [1.29, 1.82) is 5.26 Å². The zero-order valence-corrected chi connectivity index (χ0v) is 20.3. The van der Waals surface area contributed by atoms with E-state index in [-0.39, 0.29) is 17.6 Å². The molecular formula is C26H29FN6O3. The predicted octanol–water partition coefficient (Wildman–Crippen LogP) is 2.99. The summed E-state index contributed by atoms with van der Waals surface area (Å²) in [6.45, 7) is 2.35. The fourth-order valence-electron chi connectivity index (χ4n) is 5.29. The normalized spacial score (nSPS) is 24.0. The average Bonchev–Trinajstić information content (AvgIpc) is 3.51. The number of rotatable bonds is 7. The molecule has 0 spiro atoms. The average molecular weight is 493 g/mol. The molecular weight excluding hydrogens is 463 g/mol. The molecule has 188 valence electrons. The van der Waals surface area contributed by atoms with Crippen LogP contribution in [0.4, 0.5) is 10.1 Å². The number of fused-ring (bicyclic) bond motifs is 3. The number of pyridine rings is 2. The van der Waals surface area contributed by atoms with Crippen LogP contribution in [-0.4, -0.2) is 60.1 Å². The molecule has 3 aromatic rings. The van der Waals surface area contributed by atoms with Crippen LogP contribution in [0.2, 0.25) is 0 Å². The van der Waals surface area contributed by atoms with Gasteiger partial charge in [0.25, 0.3) is 5.91 Å². The molecule has 1 unspecified atom stereocenters. The summed E-state index contributed by atoms with van der Waals surface area (Å²) in [6, 6.07) is 7.41. The summed E-state index contributed by atoms with van der Waals surface area (Å²) in [5.41, 5.74) is -0.762. The van der Waals surface area contributed by atoms with Crippen LogP contribution < -0.4 is 10.6 Å². The Kier molecular flexibility index (Phi) is 5.73. The topological polar surface area (TPSA) is 136 Å². The van der Waals surface area contributed by atoms with E-state index in [9.17, 15) is 19.4 Å². The molecule has 0 aromatic carbocycles. The number of carbonyl (C=O) groups is 1. The molecule has 0 aliphatic heterocycles. The molecule has 0 radical (unpaired) electrons. The Morgan fingerprint density at radius 1 is 1.28 bits per heavy atom. The fraction of sp³-hybridized carbons (Fsp3) is 0.462. The maximum atomic E-state index is 14.3. The number of halogens is 1. The maximum Gasteiger partial charge on any atom is 0.255 e. The minimum Gasteiger partial charge on any atom is -0.390 e. The third-order valence-corrected chi connectivity index (χ3v) is 7.45. The zero-order valence-electron chi connectivity index (χ0n) is 20.3. The molecule has 2 fully saturated rings. The number of nitrogens with zero attached hydrogens (tertiary/aromatic N) is 4. The first-order valence-electron chi connectivity index (χ1n) is 12.0. The van der Waals surface area contributed by atoms with Gasteiger partial charge in [0, 0.05) is 35.6 Å². The number of alkyl halides is 1. The van der Waals surface area contributed by atoms with Crippen molar-refractivity contribution in [2.24, 2.45) is 0 Å². The molecule has 5 rings (SSSR count). The third kappa shape index (κ3) is 4.40. The van der Waals surface area contributed by atoms with E-state index in [0.29, 0.717) is 42.0 Å². The number of hydrogen-bond donors (Lipinski definition) is 4. The Hall–Kier alpha value is -3.55. The lowest BCUT2D eigenvalue weighted by atomic mass is 9.92. The van der Waals surface area contributed by atoms with Crippen molar-refractivity contribution in [3.8, 4) is 11.9 Å². The Morgan fingerprint density at radius 2 is 2.03 bits per heavy atom. The largest absolute Gasteiger partial charge is 0.390 e. The molecule has 4 N–H and O–H groups in total. The van der Waals surface area contributed by atoms with Crippen molar-refractivity contribution in [2.75, 3.05) is 11.9 Å². The zero-order chi connectivity index (χ0) is 25.7. The van der Waals surface area contributed by atoms with Gasteiger partial charge in [0.15, 0.2) is 0 Å². The minimum atomic E-state index is -1.64.